The molecule has 22 heavy (non-hydrogen) atoms. The smallest absolute Gasteiger partial charge is 0.233 e. The zero-order valence-corrected chi connectivity index (χ0v) is 15.4. The van der Waals surface area contributed by atoms with Crippen LogP contribution in [-0.2, 0) is 4.79 Å². The average molecular weight is 358 g/mol. The fourth-order valence-electron chi connectivity index (χ4n) is 2.57. The minimum absolute atomic E-state index is 0.0299. The molecule has 1 saturated carbocycles. The van der Waals surface area contributed by atoms with Gasteiger partial charge in [0.05, 0.1) is 5.25 Å². The summed E-state index contributed by atoms with van der Waals surface area (Å²) in [5.74, 6) is 1.17. The first-order valence-corrected chi connectivity index (χ1v) is 10.3. The second-order valence-electron chi connectivity index (χ2n) is 5.54. The summed E-state index contributed by atoms with van der Waals surface area (Å²) in [6.07, 6.45) is 6.28. The lowest BCUT2D eigenvalue weighted by atomic mass is 10.3. The molecule has 1 aliphatic rings. The maximum Gasteiger partial charge on any atom is 0.233 e. The Morgan fingerprint density at radius 1 is 1.32 bits per heavy atom. The van der Waals surface area contributed by atoms with Crippen molar-refractivity contribution in [3.63, 3.8) is 0 Å². The molecule has 1 aromatic carbocycles. The van der Waals surface area contributed by atoms with Crippen molar-refractivity contribution in [1.29, 1.82) is 0 Å². The van der Waals surface area contributed by atoms with Crippen LogP contribution in [0.15, 0.2) is 29.2 Å². The van der Waals surface area contributed by atoms with E-state index in [4.69, 9.17) is 11.6 Å². The zero-order chi connectivity index (χ0) is 15.8. The summed E-state index contributed by atoms with van der Waals surface area (Å²) < 4.78 is 0. The molecule has 0 aliphatic heterocycles. The van der Waals surface area contributed by atoms with Crippen molar-refractivity contribution in [2.75, 3.05) is 12.3 Å². The summed E-state index contributed by atoms with van der Waals surface area (Å²) in [5, 5.41) is 4.60. The van der Waals surface area contributed by atoms with Gasteiger partial charge in [-0.1, -0.05) is 31.4 Å². The SMILES string of the molecule is CCC(Sc1ccc(Cl)cc1)C(=O)NCCSC1CCCC1. The molecule has 1 amide bonds. The Morgan fingerprint density at radius 2 is 2.00 bits per heavy atom. The van der Waals surface area contributed by atoms with Gasteiger partial charge in [-0.2, -0.15) is 11.8 Å². The number of hydrogen-bond acceptors (Lipinski definition) is 3. The monoisotopic (exact) mass is 357 g/mol. The van der Waals surface area contributed by atoms with Gasteiger partial charge < -0.3 is 5.32 Å². The van der Waals surface area contributed by atoms with E-state index in [0.29, 0.717) is 0 Å². The summed E-state index contributed by atoms with van der Waals surface area (Å²) in [7, 11) is 0. The lowest BCUT2D eigenvalue weighted by Crippen LogP contribution is -2.34. The lowest BCUT2D eigenvalue weighted by Gasteiger charge is -2.15. The Morgan fingerprint density at radius 3 is 2.64 bits per heavy atom. The van der Waals surface area contributed by atoms with Crippen LogP contribution < -0.4 is 5.32 Å². The van der Waals surface area contributed by atoms with Crippen molar-refractivity contribution >= 4 is 41.0 Å². The summed E-state index contributed by atoms with van der Waals surface area (Å²) >= 11 is 9.52. The van der Waals surface area contributed by atoms with E-state index in [0.717, 1.165) is 33.9 Å². The quantitative estimate of drug-likeness (QED) is 0.524. The van der Waals surface area contributed by atoms with Crippen molar-refractivity contribution < 1.29 is 4.79 Å². The number of nitrogens with one attached hydrogen (secondary N) is 1. The fourth-order valence-corrected chi connectivity index (χ4v) is 4.89. The second kappa shape index (κ2) is 9.74. The van der Waals surface area contributed by atoms with Crippen LogP contribution in [-0.4, -0.2) is 28.7 Å². The Balaban J connectivity index is 1.70. The van der Waals surface area contributed by atoms with Crippen molar-refractivity contribution in [3.8, 4) is 0 Å². The number of carbonyl (C=O) groups excluding carboxylic acids is 1. The number of benzene rings is 1. The fraction of sp³-hybridized carbons (Fsp3) is 0.588. The molecule has 5 heteroatoms. The van der Waals surface area contributed by atoms with Crippen molar-refractivity contribution in [2.24, 2.45) is 0 Å². The van der Waals surface area contributed by atoms with Gasteiger partial charge in [0.1, 0.15) is 0 Å². The first-order chi connectivity index (χ1) is 10.7. The third-order valence-electron chi connectivity index (χ3n) is 3.81. The Kier molecular flexibility index (Phi) is 7.98. The summed E-state index contributed by atoms with van der Waals surface area (Å²) in [6, 6.07) is 7.68. The van der Waals surface area contributed by atoms with Gasteiger partial charge in [-0.05, 0) is 43.5 Å². The lowest BCUT2D eigenvalue weighted by molar-refractivity contribution is -0.120. The number of rotatable bonds is 8. The van der Waals surface area contributed by atoms with Gasteiger partial charge in [0.25, 0.3) is 0 Å². The Labute approximate surface area is 147 Å². The van der Waals surface area contributed by atoms with Gasteiger partial charge in [-0.25, -0.2) is 0 Å². The maximum absolute atomic E-state index is 12.3. The van der Waals surface area contributed by atoms with E-state index in [1.807, 2.05) is 36.0 Å². The normalized spacial score (nSPS) is 16.6. The van der Waals surface area contributed by atoms with Crippen LogP contribution in [0.2, 0.25) is 5.02 Å². The summed E-state index contributed by atoms with van der Waals surface area (Å²) in [5.41, 5.74) is 0. The Hall–Kier alpha value is -0.320. The molecule has 0 aromatic heterocycles. The predicted molar refractivity (Wildman–Crippen MR) is 99.1 cm³/mol. The molecule has 2 rings (SSSR count). The number of thioether (sulfide) groups is 2. The highest BCUT2D eigenvalue weighted by Gasteiger charge is 2.18. The topological polar surface area (TPSA) is 29.1 Å². The molecule has 0 bridgehead atoms. The average Bonchev–Trinajstić information content (AvgIpc) is 3.04. The van der Waals surface area contributed by atoms with Gasteiger partial charge in [0.2, 0.25) is 5.91 Å². The standard InChI is InChI=1S/C17H24ClNOS2/c1-2-16(22-15-9-7-13(18)8-10-15)17(20)19-11-12-21-14-5-3-4-6-14/h7-10,14,16H,2-6,11-12H2,1H3,(H,19,20). The molecule has 0 spiro atoms. The number of carbonyl (C=O) groups is 1. The minimum atomic E-state index is -0.0299. The molecule has 0 heterocycles. The molecule has 1 unspecified atom stereocenters. The minimum Gasteiger partial charge on any atom is -0.354 e. The largest absolute Gasteiger partial charge is 0.354 e. The highest BCUT2D eigenvalue weighted by molar-refractivity contribution is 8.00. The van der Waals surface area contributed by atoms with Gasteiger partial charge >= 0.3 is 0 Å². The molecule has 2 nitrogen and oxygen atoms in total. The van der Waals surface area contributed by atoms with Gasteiger partial charge in [-0.3, -0.25) is 4.79 Å². The summed E-state index contributed by atoms with van der Waals surface area (Å²) in [4.78, 5) is 13.4. The molecular weight excluding hydrogens is 334 g/mol. The number of hydrogen-bond donors (Lipinski definition) is 1. The second-order valence-corrected chi connectivity index (χ2v) is 8.66. The molecule has 1 aliphatic carbocycles. The Bertz CT molecular complexity index is 460. The van der Waals surface area contributed by atoms with Crippen molar-refractivity contribution in [2.45, 2.75) is 54.4 Å². The highest BCUT2D eigenvalue weighted by atomic mass is 35.5. The first-order valence-electron chi connectivity index (χ1n) is 8.00. The number of amides is 1. The molecular formula is C17H24ClNOS2. The molecule has 0 radical (unpaired) electrons. The van der Waals surface area contributed by atoms with E-state index in [-0.39, 0.29) is 11.2 Å². The van der Waals surface area contributed by atoms with Crippen LogP contribution in [0.1, 0.15) is 39.0 Å². The van der Waals surface area contributed by atoms with Crippen LogP contribution >= 0.6 is 35.1 Å². The van der Waals surface area contributed by atoms with Gasteiger partial charge in [-0.15, -0.1) is 11.8 Å². The van der Waals surface area contributed by atoms with E-state index >= 15 is 0 Å². The molecule has 1 aromatic rings. The molecule has 1 atom stereocenters. The maximum atomic E-state index is 12.3. The third kappa shape index (κ3) is 6.05. The number of halogens is 1. The van der Waals surface area contributed by atoms with Crippen LogP contribution in [0.25, 0.3) is 0 Å². The molecule has 122 valence electrons. The zero-order valence-electron chi connectivity index (χ0n) is 13.0. The predicted octanol–water partition coefficient (Wildman–Crippen LogP) is 5.00. The van der Waals surface area contributed by atoms with Crippen molar-refractivity contribution in [3.05, 3.63) is 29.3 Å². The van der Waals surface area contributed by atoms with Crippen LogP contribution in [0.3, 0.4) is 0 Å². The van der Waals surface area contributed by atoms with Crippen LogP contribution in [0.4, 0.5) is 0 Å². The van der Waals surface area contributed by atoms with Gasteiger partial charge in [0.15, 0.2) is 0 Å². The van der Waals surface area contributed by atoms with E-state index in [2.05, 4.69) is 12.2 Å². The van der Waals surface area contributed by atoms with E-state index in [1.165, 1.54) is 25.7 Å². The van der Waals surface area contributed by atoms with E-state index in [1.54, 1.807) is 11.8 Å². The van der Waals surface area contributed by atoms with E-state index < -0.39 is 0 Å². The molecule has 1 fully saturated rings. The van der Waals surface area contributed by atoms with Crippen molar-refractivity contribution in [1.82, 2.24) is 5.32 Å². The molecule has 0 saturated heterocycles. The first kappa shape index (κ1) is 18.0. The third-order valence-corrected chi connectivity index (χ3v) is 6.82. The summed E-state index contributed by atoms with van der Waals surface area (Å²) in [6.45, 7) is 2.83. The van der Waals surface area contributed by atoms with Crippen LogP contribution in [0, 0.1) is 0 Å². The molecule has 1 N–H and O–H groups in total. The highest BCUT2D eigenvalue weighted by Crippen LogP contribution is 2.29. The van der Waals surface area contributed by atoms with E-state index in [9.17, 15) is 4.79 Å². The van der Waals surface area contributed by atoms with Crippen LogP contribution in [0.5, 0.6) is 0 Å². The van der Waals surface area contributed by atoms with Gasteiger partial charge in [0, 0.05) is 27.5 Å².